The number of nitrogens with zero attached hydrogens (tertiary/aromatic N) is 2. The van der Waals surface area contributed by atoms with E-state index in [0.29, 0.717) is 0 Å². The third kappa shape index (κ3) is 3.37. The summed E-state index contributed by atoms with van der Waals surface area (Å²) in [6, 6.07) is 47.5. The smallest absolute Gasteiger partial charge is 0.145 e. The second-order valence-electron chi connectivity index (χ2n) is 10.8. The van der Waals surface area contributed by atoms with Gasteiger partial charge in [-0.05, 0) is 57.5 Å². The van der Waals surface area contributed by atoms with Gasteiger partial charge in [0.1, 0.15) is 16.8 Å². The Labute approximate surface area is 241 Å². The van der Waals surface area contributed by atoms with Gasteiger partial charge in [0.15, 0.2) is 0 Å². The molecule has 0 radical (unpaired) electrons. The van der Waals surface area contributed by atoms with Crippen molar-refractivity contribution in [1.82, 2.24) is 9.38 Å². The van der Waals surface area contributed by atoms with Gasteiger partial charge in [0.05, 0.1) is 5.52 Å². The normalized spacial score (nSPS) is 11.8. The molecule has 196 valence electrons. The second kappa shape index (κ2) is 8.92. The third-order valence-corrected chi connectivity index (χ3v) is 8.48. The molecule has 0 atom stereocenters. The molecule has 0 fully saturated rings. The number of rotatable bonds is 3. The van der Waals surface area contributed by atoms with Crippen LogP contribution in [0, 0.1) is 0 Å². The van der Waals surface area contributed by atoms with Crippen molar-refractivity contribution in [3.8, 4) is 33.4 Å². The first-order chi connectivity index (χ1) is 20.8. The minimum atomic E-state index is 0.915. The van der Waals surface area contributed by atoms with Crippen molar-refractivity contribution in [2.45, 2.75) is 0 Å². The lowest BCUT2D eigenvalue weighted by Crippen LogP contribution is -1.92. The maximum Gasteiger partial charge on any atom is 0.145 e. The summed E-state index contributed by atoms with van der Waals surface area (Å²) in [5.74, 6) is 0. The van der Waals surface area contributed by atoms with Gasteiger partial charge < -0.3 is 4.42 Å². The average Bonchev–Trinajstić information content (AvgIpc) is 3.71. The van der Waals surface area contributed by atoms with Gasteiger partial charge in [-0.3, -0.25) is 4.40 Å². The van der Waals surface area contributed by atoms with Gasteiger partial charge in [0.2, 0.25) is 0 Å². The lowest BCUT2D eigenvalue weighted by atomic mass is 9.91. The van der Waals surface area contributed by atoms with E-state index >= 15 is 0 Å². The first kappa shape index (κ1) is 23.1. The molecule has 0 saturated heterocycles. The zero-order chi connectivity index (χ0) is 27.6. The minimum Gasteiger partial charge on any atom is -0.455 e. The quantitative estimate of drug-likeness (QED) is 0.210. The molecule has 0 aliphatic heterocycles. The van der Waals surface area contributed by atoms with Gasteiger partial charge >= 0.3 is 0 Å². The molecule has 0 amide bonds. The van der Waals surface area contributed by atoms with Crippen molar-refractivity contribution in [3.05, 3.63) is 146 Å². The summed E-state index contributed by atoms with van der Waals surface area (Å²) in [7, 11) is 0. The number of pyridine rings is 1. The number of furan rings is 1. The Kier molecular flexibility index (Phi) is 4.90. The average molecular weight is 537 g/mol. The van der Waals surface area contributed by atoms with Crippen molar-refractivity contribution >= 4 is 49.3 Å². The van der Waals surface area contributed by atoms with Gasteiger partial charge in [-0.1, -0.05) is 109 Å². The Morgan fingerprint density at radius 3 is 1.98 bits per heavy atom. The first-order valence-electron chi connectivity index (χ1n) is 14.2. The van der Waals surface area contributed by atoms with Crippen LogP contribution in [0.1, 0.15) is 0 Å². The van der Waals surface area contributed by atoms with Crippen LogP contribution in [0.3, 0.4) is 0 Å². The Balaban J connectivity index is 1.22. The van der Waals surface area contributed by atoms with E-state index in [4.69, 9.17) is 4.42 Å². The Hall–Kier alpha value is -5.67. The molecule has 0 aliphatic rings. The fraction of sp³-hybridized carbons (Fsp3) is 0. The molecule has 3 heterocycles. The van der Waals surface area contributed by atoms with Gasteiger partial charge in [0, 0.05) is 39.5 Å². The van der Waals surface area contributed by atoms with E-state index in [1.807, 2.05) is 24.5 Å². The molecule has 3 aromatic heterocycles. The van der Waals surface area contributed by atoms with Crippen molar-refractivity contribution in [3.63, 3.8) is 0 Å². The maximum atomic E-state index is 6.37. The first-order valence-corrected chi connectivity index (χ1v) is 14.2. The fourth-order valence-electron chi connectivity index (χ4n) is 6.55. The molecule has 0 saturated carbocycles. The predicted octanol–water partition coefficient (Wildman–Crippen LogP) is 10.5. The van der Waals surface area contributed by atoms with Crippen LogP contribution in [0.2, 0.25) is 0 Å². The number of benzene rings is 6. The van der Waals surface area contributed by atoms with Crippen molar-refractivity contribution < 1.29 is 4.42 Å². The molecular formula is C39H24N2O. The van der Waals surface area contributed by atoms with Crippen LogP contribution in [0.25, 0.3) is 82.6 Å². The molecule has 6 aromatic carbocycles. The highest BCUT2D eigenvalue weighted by Crippen LogP contribution is 2.40. The largest absolute Gasteiger partial charge is 0.455 e. The zero-order valence-corrected chi connectivity index (χ0v) is 22.7. The van der Waals surface area contributed by atoms with Crippen LogP contribution in [-0.2, 0) is 0 Å². The Morgan fingerprint density at radius 2 is 1.12 bits per heavy atom. The molecule has 3 nitrogen and oxygen atoms in total. The summed E-state index contributed by atoms with van der Waals surface area (Å²) in [4.78, 5) is 4.65. The maximum absolute atomic E-state index is 6.37. The van der Waals surface area contributed by atoms with E-state index in [2.05, 4.69) is 131 Å². The molecule has 3 heteroatoms. The number of aromatic nitrogens is 2. The Morgan fingerprint density at radius 1 is 0.476 bits per heavy atom. The van der Waals surface area contributed by atoms with E-state index in [1.165, 1.54) is 33.0 Å². The molecule has 42 heavy (non-hydrogen) atoms. The SMILES string of the molecule is c1cc(-c2ccccc2-c2ccc3c(c2)c2ccccc2c2nccn32)cc(-c2cccc3c2oc2ccccc23)c1. The standard InChI is InChI=1S/C39H24N2O/c1-2-12-29(27-19-20-36-35(24-27)31-13-3-4-15-34(31)39-40-21-22-41(36)39)28(11-1)25-9-7-10-26(23-25)30-16-8-17-33-32-14-5-6-18-37(32)42-38(30)33/h1-24H. The monoisotopic (exact) mass is 536 g/mol. The summed E-state index contributed by atoms with van der Waals surface area (Å²) in [5.41, 5.74) is 11.0. The van der Waals surface area contributed by atoms with Crippen LogP contribution >= 0.6 is 0 Å². The third-order valence-electron chi connectivity index (χ3n) is 8.48. The van der Waals surface area contributed by atoms with Crippen molar-refractivity contribution in [2.24, 2.45) is 0 Å². The lowest BCUT2D eigenvalue weighted by Gasteiger charge is -2.14. The summed E-state index contributed by atoms with van der Waals surface area (Å²) >= 11 is 0. The van der Waals surface area contributed by atoms with Crippen LogP contribution in [-0.4, -0.2) is 9.38 Å². The fourth-order valence-corrected chi connectivity index (χ4v) is 6.55. The highest BCUT2D eigenvalue weighted by molar-refractivity contribution is 6.13. The number of imidazole rings is 1. The molecule has 0 spiro atoms. The highest BCUT2D eigenvalue weighted by Gasteiger charge is 2.15. The van der Waals surface area contributed by atoms with Crippen LogP contribution in [0.5, 0.6) is 0 Å². The van der Waals surface area contributed by atoms with E-state index in [9.17, 15) is 0 Å². The van der Waals surface area contributed by atoms with Crippen LogP contribution in [0.4, 0.5) is 0 Å². The number of fused-ring (bicyclic) bond motifs is 9. The molecular weight excluding hydrogens is 512 g/mol. The van der Waals surface area contributed by atoms with Crippen LogP contribution < -0.4 is 0 Å². The molecule has 9 rings (SSSR count). The van der Waals surface area contributed by atoms with E-state index in [1.54, 1.807) is 0 Å². The summed E-state index contributed by atoms with van der Waals surface area (Å²) in [5, 5.41) is 5.88. The van der Waals surface area contributed by atoms with Gasteiger partial charge in [-0.25, -0.2) is 4.98 Å². The molecule has 0 aliphatic carbocycles. The minimum absolute atomic E-state index is 0.915. The van der Waals surface area contributed by atoms with E-state index < -0.39 is 0 Å². The Bertz CT molecular complexity index is 2480. The van der Waals surface area contributed by atoms with E-state index in [-0.39, 0.29) is 0 Å². The molecule has 0 N–H and O–H groups in total. The molecule has 0 unspecified atom stereocenters. The van der Waals surface area contributed by atoms with Crippen molar-refractivity contribution in [1.29, 1.82) is 0 Å². The highest BCUT2D eigenvalue weighted by atomic mass is 16.3. The van der Waals surface area contributed by atoms with Gasteiger partial charge in [-0.2, -0.15) is 0 Å². The summed E-state index contributed by atoms with van der Waals surface area (Å²) < 4.78 is 8.56. The van der Waals surface area contributed by atoms with Gasteiger partial charge in [0.25, 0.3) is 0 Å². The van der Waals surface area contributed by atoms with Crippen LogP contribution in [0.15, 0.2) is 150 Å². The second-order valence-corrected chi connectivity index (χ2v) is 10.8. The lowest BCUT2D eigenvalue weighted by molar-refractivity contribution is 0.670. The molecule has 9 aromatic rings. The number of para-hydroxylation sites is 2. The molecule has 0 bridgehead atoms. The predicted molar refractivity (Wildman–Crippen MR) is 174 cm³/mol. The topological polar surface area (TPSA) is 30.4 Å². The number of hydrogen-bond donors (Lipinski definition) is 0. The van der Waals surface area contributed by atoms with Gasteiger partial charge in [-0.15, -0.1) is 0 Å². The summed E-state index contributed by atoms with van der Waals surface area (Å²) in [6.45, 7) is 0. The summed E-state index contributed by atoms with van der Waals surface area (Å²) in [6.07, 6.45) is 3.93. The van der Waals surface area contributed by atoms with Crippen molar-refractivity contribution in [2.75, 3.05) is 0 Å². The zero-order valence-electron chi connectivity index (χ0n) is 22.7. The van der Waals surface area contributed by atoms with E-state index in [0.717, 1.165) is 49.6 Å². The number of hydrogen-bond acceptors (Lipinski definition) is 2.